The number of methoxy groups -OCH3 is 2. The first kappa shape index (κ1) is 19.7. The zero-order chi connectivity index (χ0) is 19.1. The van der Waals surface area contributed by atoms with Crippen LogP contribution in [0, 0.1) is 13.8 Å². The van der Waals surface area contributed by atoms with E-state index >= 15 is 0 Å². The van der Waals surface area contributed by atoms with E-state index in [9.17, 15) is 9.59 Å². The smallest absolute Gasteiger partial charge is 0.316 e. The molecule has 0 fully saturated rings. The molecular formula is C18H20N2O5S. The lowest BCUT2D eigenvalue weighted by Crippen LogP contribution is -2.16. The Morgan fingerprint density at radius 1 is 1.04 bits per heavy atom. The van der Waals surface area contributed by atoms with E-state index in [1.165, 1.54) is 26.0 Å². The van der Waals surface area contributed by atoms with Gasteiger partial charge in [-0.2, -0.15) is 0 Å². The molecule has 0 amide bonds. The molecular weight excluding hydrogens is 356 g/mol. The van der Waals surface area contributed by atoms with E-state index in [1.807, 2.05) is 19.9 Å². The summed E-state index contributed by atoms with van der Waals surface area (Å²) in [4.78, 5) is 32.7. The second kappa shape index (κ2) is 9.19. The SMILES string of the molecule is COc1ccc(OC)c(C(=O)COC(=O)CSc2nc(C)cc(C)n2)c1. The Labute approximate surface area is 156 Å². The number of ether oxygens (including phenoxy) is 3. The number of hydrogen-bond donors (Lipinski definition) is 0. The number of aryl methyl sites for hydroxylation is 2. The summed E-state index contributed by atoms with van der Waals surface area (Å²) in [5.41, 5.74) is 1.95. The van der Waals surface area contributed by atoms with Crippen LogP contribution in [0.15, 0.2) is 29.4 Å². The molecule has 7 nitrogen and oxygen atoms in total. The van der Waals surface area contributed by atoms with Crippen LogP contribution in [0.25, 0.3) is 0 Å². The van der Waals surface area contributed by atoms with Crippen molar-refractivity contribution in [3.63, 3.8) is 0 Å². The van der Waals surface area contributed by atoms with Gasteiger partial charge in [0.05, 0.1) is 25.5 Å². The standard InChI is InChI=1S/C18H20N2O5S/c1-11-7-12(2)20-18(19-11)26-10-17(22)25-9-15(21)14-8-13(23-3)5-6-16(14)24-4/h5-8H,9-10H2,1-4H3. The molecule has 1 heterocycles. The molecule has 2 aromatic rings. The van der Waals surface area contributed by atoms with Gasteiger partial charge < -0.3 is 14.2 Å². The van der Waals surface area contributed by atoms with Gasteiger partial charge in [-0.05, 0) is 38.1 Å². The van der Waals surface area contributed by atoms with E-state index < -0.39 is 5.97 Å². The van der Waals surface area contributed by atoms with E-state index in [0.717, 1.165) is 11.4 Å². The topological polar surface area (TPSA) is 87.6 Å². The number of hydrogen-bond acceptors (Lipinski definition) is 8. The molecule has 0 saturated heterocycles. The molecule has 0 unspecified atom stereocenters. The largest absolute Gasteiger partial charge is 0.497 e. The van der Waals surface area contributed by atoms with Crippen LogP contribution >= 0.6 is 11.8 Å². The number of benzene rings is 1. The molecule has 26 heavy (non-hydrogen) atoms. The second-order valence-electron chi connectivity index (χ2n) is 5.37. The number of nitrogens with zero attached hydrogens (tertiary/aromatic N) is 2. The number of rotatable bonds is 8. The zero-order valence-electron chi connectivity index (χ0n) is 15.1. The predicted octanol–water partition coefficient (Wildman–Crippen LogP) is 2.63. The van der Waals surface area contributed by atoms with E-state index in [0.29, 0.717) is 22.2 Å². The normalized spacial score (nSPS) is 10.3. The molecule has 0 saturated carbocycles. The lowest BCUT2D eigenvalue weighted by Gasteiger charge is -2.10. The highest BCUT2D eigenvalue weighted by Crippen LogP contribution is 2.24. The second-order valence-corrected chi connectivity index (χ2v) is 6.31. The molecule has 0 aliphatic heterocycles. The zero-order valence-corrected chi connectivity index (χ0v) is 15.9. The molecule has 0 spiro atoms. The molecule has 0 bridgehead atoms. The number of carbonyl (C=O) groups excluding carboxylic acids is 2. The Kier molecular flexibility index (Phi) is 6.97. The third kappa shape index (κ3) is 5.45. The van der Waals surface area contributed by atoms with E-state index in [1.54, 1.807) is 18.2 Å². The number of ketones is 1. The molecule has 1 aromatic heterocycles. The highest BCUT2D eigenvalue weighted by Gasteiger charge is 2.16. The van der Waals surface area contributed by atoms with Gasteiger partial charge in [0.2, 0.25) is 5.78 Å². The Balaban J connectivity index is 1.91. The summed E-state index contributed by atoms with van der Waals surface area (Å²) in [6.45, 7) is 3.34. The fourth-order valence-electron chi connectivity index (χ4n) is 2.18. The van der Waals surface area contributed by atoms with Crippen LogP contribution in [0.1, 0.15) is 21.7 Å². The Hall–Kier alpha value is -2.61. The van der Waals surface area contributed by atoms with Gasteiger partial charge in [0.1, 0.15) is 11.5 Å². The van der Waals surface area contributed by atoms with Crippen molar-refractivity contribution in [3.8, 4) is 11.5 Å². The molecule has 0 radical (unpaired) electrons. The maximum absolute atomic E-state index is 12.3. The third-order valence-electron chi connectivity index (χ3n) is 3.35. The van der Waals surface area contributed by atoms with Gasteiger partial charge in [-0.25, -0.2) is 9.97 Å². The molecule has 0 aliphatic carbocycles. The van der Waals surface area contributed by atoms with Gasteiger partial charge in [-0.15, -0.1) is 0 Å². The summed E-state index contributed by atoms with van der Waals surface area (Å²) in [5.74, 6) is 0.0355. The van der Waals surface area contributed by atoms with Crippen LogP contribution in [0.2, 0.25) is 0 Å². The lowest BCUT2D eigenvalue weighted by molar-refractivity contribution is -0.139. The molecule has 2 rings (SSSR count). The molecule has 138 valence electrons. The van der Waals surface area contributed by atoms with E-state index in [4.69, 9.17) is 14.2 Å². The maximum Gasteiger partial charge on any atom is 0.316 e. The summed E-state index contributed by atoms with van der Waals surface area (Å²) in [5, 5.41) is 0.500. The first-order valence-corrected chi connectivity index (χ1v) is 8.77. The van der Waals surface area contributed by atoms with Crippen molar-refractivity contribution in [2.24, 2.45) is 0 Å². The number of carbonyl (C=O) groups is 2. The number of Topliss-reactive ketones (excluding diaryl/α,β-unsaturated/α-hetero) is 1. The fraction of sp³-hybridized carbons (Fsp3) is 0.333. The maximum atomic E-state index is 12.3. The predicted molar refractivity (Wildman–Crippen MR) is 97.1 cm³/mol. The van der Waals surface area contributed by atoms with Gasteiger partial charge in [0.15, 0.2) is 11.8 Å². The number of aromatic nitrogens is 2. The van der Waals surface area contributed by atoms with Crippen molar-refractivity contribution in [1.82, 2.24) is 9.97 Å². The highest BCUT2D eigenvalue weighted by atomic mass is 32.2. The fourth-order valence-corrected chi connectivity index (χ4v) is 2.93. The van der Waals surface area contributed by atoms with Gasteiger partial charge in [0.25, 0.3) is 0 Å². The minimum absolute atomic E-state index is 0.0193. The van der Waals surface area contributed by atoms with Crippen molar-refractivity contribution < 1.29 is 23.8 Å². The Morgan fingerprint density at radius 2 is 1.73 bits per heavy atom. The van der Waals surface area contributed by atoms with Crippen molar-refractivity contribution in [3.05, 3.63) is 41.2 Å². The summed E-state index contributed by atoms with van der Waals surface area (Å²) < 4.78 is 15.3. The molecule has 0 atom stereocenters. The first-order chi connectivity index (χ1) is 12.4. The van der Waals surface area contributed by atoms with Crippen molar-refractivity contribution in [2.75, 3.05) is 26.6 Å². The summed E-state index contributed by atoms with van der Waals surface area (Å²) >= 11 is 1.17. The number of esters is 1. The minimum atomic E-state index is -0.520. The monoisotopic (exact) mass is 376 g/mol. The van der Waals surface area contributed by atoms with Crippen LogP contribution < -0.4 is 9.47 Å². The molecule has 0 aliphatic rings. The van der Waals surface area contributed by atoms with Gasteiger partial charge in [-0.3, -0.25) is 9.59 Å². The molecule has 8 heteroatoms. The van der Waals surface area contributed by atoms with Crippen LogP contribution in [0.4, 0.5) is 0 Å². The highest BCUT2D eigenvalue weighted by molar-refractivity contribution is 7.99. The van der Waals surface area contributed by atoms with Crippen LogP contribution in [-0.2, 0) is 9.53 Å². The summed E-state index contributed by atoms with van der Waals surface area (Å²) in [6, 6.07) is 6.71. The average molecular weight is 376 g/mol. The lowest BCUT2D eigenvalue weighted by atomic mass is 10.1. The summed E-state index contributed by atoms with van der Waals surface area (Å²) in [7, 11) is 2.97. The van der Waals surface area contributed by atoms with E-state index in [-0.39, 0.29) is 18.1 Å². The van der Waals surface area contributed by atoms with Crippen LogP contribution in [0.5, 0.6) is 11.5 Å². The Morgan fingerprint density at radius 3 is 2.35 bits per heavy atom. The summed E-state index contributed by atoms with van der Waals surface area (Å²) in [6.07, 6.45) is 0. The van der Waals surface area contributed by atoms with Crippen molar-refractivity contribution in [2.45, 2.75) is 19.0 Å². The van der Waals surface area contributed by atoms with Crippen LogP contribution in [0.3, 0.4) is 0 Å². The third-order valence-corrected chi connectivity index (χ3v) is 4.17. The van der Waals surface area contributed by atoms with Gasteiger partial charge >= 0.3 is 5.97 Å². The number of thioether (sulfide) groups is 1. The molecule has 1 aromatic carbocycles. The van der Waals surface area contributed by atoms with Crippen LogP contribution in [-0.4, -0.2) is 48.3 Å². The first-order valence-electron chi connectivity index (χ1n) is 7.79. The quantitative estimate of drug-likeness (QED) is 0.301. The Bertz CT molecular complexity index is 790. The van der Waals surface area contributed by atoms with Gasteiger partial charge in [-0.1, -0.05) is 11.8 Å². The molecule has 0 N–H and O–H groups in total. The van der Waals surface area contributed by atoms with E-state index in [2.05, 4.69) is 9.97 Å². The van der Waals surface area contributed by atoms with Gasteiger partial charge in [0, 0.05) is 11.4 Å². The van der Waals surface area contributed by atoms with Crippen molar-refractivity contribution in [1.29, 1.82) is 0 Å². The minimum Gasteiger partial charge on any atom is -0.497 e. The van der Waals surface area contributed by atoms with Crippen molar-refractivity contribution >= 4 is 23.5 Å². The average Bonchev–Trinajstić information content (AvgIpc) is 2.63.